The Balaban J connectivity index is 1.86. The molecule has 2 heterocycles. The SMILES string of the molecule is COC(=O)c1ccc2c(=O)n(Cc3cccc(OC)c3)c(N3CCCC3)nc2c1. The van der Waals surface area contributed by atoms with E-state index in [1.54, 1.807) is 29.9 Å². The van der Waals surface area contributed by atoms with E-state index in [4.69, 9.17) is 14.5 Å². The number of anilines is 1. The first-order valence-corrected chi connectivity index (χ1v) is 9.61. The van der Waals surface area contributed by atoms with Crippen molar-refractivity contribution >= 4 is 22.8 Å². The van der Waals surface area contributed by atoms with Gasteiger partial charge in [-0.2, -0.15) is 0 Å². The number of benzene rings is 2. The maximum Gasteiger partial charge on any atom is 0.337 e. The van der Waals surface area contributed by atoms with Crippen LogP contribution in [0.25, 0.3) is 10.9 Å². The Morgan fingerprint density at radius 2 is 1.90 bits per heavy atom. The number of carbonyl (C=O) groups excluding carboxylic acids is 1. The van der Waals surface area contributed by atoms with Crippen LogP contribution in [0.2, 0.25) is 0 Å². The van der Waals surface area contributed by atoms with E-state index in [9.17, 15) is 9.59 Å². The second-order valence-electron chi connectivity index (χ2n) is 7.07. The molecule has 0 bridgehead atoms. The van der Waals surface area contributed by atoms with Crippen LogP contribution in [0, 0.1) is 0 Å². The van der Waals surface area contributed by atoms with Gasteiger partial charge in [-0.1, -0.05) is 12.1 Å². The molecule has 0 saturated carbocycles. The van der Waals surface area contributed by atoms with Crippen molar-refractivity contribution in [2.24, 2.45) is 0 Å². The molecule has 1 aromatic heterocycles. The van der Waals surface area contributed by atoms with Gasteiger partial charge in [-0.15, -0.1) is 0 Å². The lowest BCUT2D eigenvalue weighted by atomic mass is 10.1. The first-order chi connectivity index (χ1) is 14.1. The monoisotopic (exact) mass is 393 g/mol. The number of ether oxygens (including phenoxy) is 2. The summed E-state index contributed by atoms with van der Waals surface area (Å²) < 4.78 is 11.8. The van der Waals surface area contributed by atoms with Gasteiger partial charge in [-0.3, -0.25) is 9.36 Å². The molecule has 29 heavy (non-hydrogen) atoms. The molecule has 1 saturated heterocycles. The van der Waals surface area contributed by atoms with E-state index in [2.05, 4.69) is 4.90 Å². The van der Waals surface area contributed by atoms with E-state index >= 15 is 0 Å². The van der Waals surface area contributed by atoms with Crippen molar-refractivity contribution in [1.82, 2.24) is 9.55 Å². The highest BCUT2D eigenvalue weighted by atomic mass is 16.5. The van der Waals surface area contributed by atoms with Gasteiger partial charge in [0.2, 0.25) is 5.95 Å². The second kappa shape index (κ2) is 7.95. The Morgan fingerprint density at radius 3 is 2.62 bits per heavy atom. The van der Waals surface area contributed by atoms with Gasteiger partial charge in [0.15, 0.2) is 0 Å². The van der Waals surface area contributed by atoms with Gasteiger partial charge in [-0.05, 0) is 48.7 Å². The molecule has 7 heteroatoms. The average molecular weight is 393 g/mol. The molecule has 0 unspecified atom stereocenters. The highest BCUT2D eigenvalue weighted by Gasteiger charge is 2.21. The van der Waals surface area contributed by atoms with Gasteiger partial charge in [0, 0.05) is 13.1 Å². The molecule has 1 fully saturated rings. The summed E-state index contributed by atoms with van der Waals surface area (Å²) in [6.45, 7) is 2.10. The maximum atomic E-state index is 13.4. The molecule has 0 aliphatic carbocycles. The van der Waals surface area contributed by atoms with Crippen LogP contribution in [0.5, 0.6) is 5.75 Å². The standard InChI is InChI=1S/C22H23N3O4/c1-28-17-7-5-6-15(12-17)14-25-20(26)18-9-8-16(21(27)29-2)13-19(18)23-22(25)24-10-3-4-11-24/h5-9,12-13H,3-4,10-11,14H2,1-2H3. The van der Waals surface area contributed by atoms with Crippen molar-refractivity contribution in [3.05, 3.63) is 63.9 Å². The smallest absolute Gasteiger partial charge is 0.337 e. The van der Waals surface area contributed by atoms with Gasteiger partial charge in [0.25, 0.3) is 5.56 Å². The molecule has 0 N–H and O–H groups in total. The second-order valence-corrected chi connectivity index (χ2v) is 7.07. The molecule has 150 valence electrons. The Morgan fingerprint density at radius 1 is 1.10 bits per heavy atom. The molecule has 0 spiro atoms. The van der Waals surface area contributed by atoms with Crippen LogP contribution in [-0.2, 0) is 11.3 Å². The zero-order valence-electron chi connectivity index (χ0n) is 16.6. The number of hydrogen-bond acceptors (Lipinski definition) is 6. The molecule has 0 atom stereocenters. The lowest BCUT2D eigenvalue weighted by Crippen LogP contribution is -2.31. The Bertz CT molecular complexity index is 1120. The fourth-order valence-electron chi connectivity index (χ4n) is 3.71. The first kappa shape index (κ1) is 19.0. The number of nitrogens with zero attached hydrogens (tertiary/aromatic N) is 3. The Hall–Kier alpha value is -3.35. The van der Waals surface area contributed by atoms with Crippen LogP contribution in [0.3, 0.4) is 0 Å². The van der Waals surface area contributed by atoms with Gasteiger partial charge in [0.1, 0.15) is 5.75 Å². The largest absolute Gasteiger partial charge is 0.497 e. The van der Waals surface area contributed by atoms with Gasteiger partial charge in [-0.25, -0.2) is 9.78 Å². The van der Waals surface area contributed by atoms with Crippen LogP contribution in [0.1, 0.15) is 28.8 Å². The molecule has 2 aromatic carbocycles. The van der Waals surface area contributed by atoms with Gasteiger partial charge in [0.05, 0.1) is 37.2 Å². The predicted octanol–water partition coefficient (Wildman–Crippen LogP) is 2.84. The summed E-state index contributed by atoms with van der Waals surface area (Å²) in [6.07, 6.45) is 2.13. The maximum absolute atomic E-state index is 13.4. The fraction of sp³-hybridized carbons (Fsp3) is 0.318. The van der Waals surface area contributed by atoms with E-state index in [0.29, 0.717) is 29.0 Å². The van der Waals surface area contributed by atoms with Crippen LogP contribution >= 0.6 is 0 Å². The number of fused-ring (bicyclic) bond motifs is 1. The third-order valence-corrected chi connectivity index (χ3v) is 5.22. The zero-order chi connectivity index (χ0) is 20.4. The van der Waals surface area contributed by atoms with Crippen LogP contribution in [0.4, 0.5) is 5.95 Å². The average Bonchev–Trinajstić information content (AvgIpc) is 3.29. The van der Waals surface area contributed by atoms with Crippen molar-refractivity contribution in [3.8, 4) is 5.75 Å². The van der Waals surface area contributed by atoms with E-state index in [-0.39, 0.29) is 5.56 Å². The van der Waals surface area contributed by atoms with Crippen molar-refractivity contribution in [2.45, 2.75) is 19.4 Å². The molecule has 4 rings (SSSR count). The summed E-state index contributed by atoms with van der Waals surface area (Å²) in [5.41, 5.74) is 1.71. The number of carbonyl (C=O) groups is 1. The Kier molecular flexibility index (Phi) is 5.20. The van der Waals surface area contributed by atoms with Crippen molar-refractivity contribution < 1.29 is 14.3 Å². The summed E-state index contributed by atoms with van der Waals surface area (Å²) >= 11 is 0. The van der Waals surface area contributed by atoms with Crippen LogP contribution < -0.4 is 15.2 Å². The number of methoxy groups -OCH3 is 2. The molecule has 0 amide bonds. The summed E-state index contributed by atoms with van der Waals surface area (Å²) in [4.78, 5) is 32.2. The van der Waals surface area contributed by atoms with Crippen molar-refractivity contribution in [1.29, 1.82) is 0 Å². The summed E-state index contributed by atoms with van der Waals surface area (Å²) in [7, 11) is 2.96. The lowest BCUT2D eigenvalue weighted by Gasteiger charge is -2.22. The van der Waals surface area contributed by atoms with Crippen LogP contribution in [-0.4, -0.2) is 42.8 Å². The van der Waals surface area contributed by atoms with E-state index in [1.165, 1.54) is 7.11 Å². The Labute approximate surface area is 168 Å². The minimum Gasteiger partial charge on any atom is -0.497 e. The molecule has 1 aliphatic heterocycles. The molecular weight excluding hydrogens is 370 g/mol. The third-order valence-electron chi connectivity index (χ3n) is 5.22. The van der Waals surface area contributed by atoms with Gasteiger partial charge < -0.3 is 14.4 Å². The molecule has 1 aliphatic rings. The number of hydrogen-bond donors (Lipinski definition) is 0. The molecule has 3 aromatic rings. The number of rotatable bonds is 5. The highest BCUT2D eigenvalue weighted by Crippen LogP contribution is 2.22. The van der Waals surface area contributed by atoms with Gasteiger partial charge >= 0.3 is 5.97 Å². The fourth-order valence-corrected chi connectivity index (χ4v) is 3.71. The predicted molar refractivity (Wildman–Crippen MR) is 111 cm³/mol. The summed E-state index contributed by atoms with van der Waals surface area (Å²) in [5.74, 6) is 0.927. The number of aromatic nitrogens is 2. The van der Waals surface area contributed by atoms with E-state index in [1.807, 2.05) is 24.3 Å². The minimum atomic E-state index is -0.447. The summed E-state index contributed by atoms with van der Waals surface area (Å²) in [6, 6.07) is 12.5. The minimum absolute atomic E-state index is 0.129. The number of esters is 1. The summed E-state index contributed by atoms with van der Waals surface area (Å²) in [5, 5.41) is 0.475. The van der Waals surface area contributed by atoms with E-state index < -0.39 is 5.97 Å². The topological polar surface area (TPSA) is 73.7 Å². The van der Waals surface area contributed by atoms with Crippen LogP contribution in [0.15, 0.2) is 47.3 Å². The quantitative estimate of drug-likeness (QED) is 0.621. The molecule has 7 nitrogen and oxygen atoms in total. The third kappa shape index (κ3) is 3.68. The molecule has 0 radical (unpaired) electrons. The lowest BCUT2D eigenvalue weighted by molar-refractivity contribution is 0.0601. The zero-order valence-corrected chi connectivity index (χ0v) is 16.6. The normalized spacial score (nSPS) is 13.7. The van der Waals surface area contributed by atoms with Crippen molar-refractivity contribution in [3.63, 3.8) is 0 Å². The highest BCUT2D eigenvalue weighted by molar-refractivity contribution is 5.94. The van der Waals surface area contributed by atoms with E-state index in [0.717, 1.165) is 37.2 Å². The van der Waals surface area contributed by atoms with Crippen molar-refractivity contribution in [2.75, 3.05) is 32.2 Å². The molecular formula is C22H23N3O4. The first-order valence-electron chi connectivity index (χ1n) is 9.61.